The number of rotatable bonds is 7. The average molecular weight is 364 g/mol. The van der Waals surface area contributed by atoms with Crippen LogP contribution in [0.4, 0.5) is 0 Å². The number of hydrogen-bond donors (Lipinski definition) is 2. The number of nitrogens with one attached hydrogen (secondary N) is 2. The molecule has 0 atom stereocenters. The van der Waals surface area contributed by atoms with Crippen LogP contribution in [0.2, 0.25) is 0 Å². The molecule has 134 valence electrons. The summed E-state index contributed by atoms with van der Waals surface area (Å²) in [7, 11) is -2.34. The molecule has 2 aromatic rings. The summed E-state index contributed by atoms with van der Waals surface area (Å²) in [6.07, 6.45) is 4.20. The summed E-state index contributed by atoms with van der Waals surface area (Å²) in [4.78, 5) is 19.5. The highest BCUT2D eigenvalue weighted by Gasteiger charge is 2.20. The Morgan fingerprint density at radius 2 is 1.88 bits per heavy atom. The van der Waals surface area contributed by atoms with Gasteiger partial charge in [0.25, 0.3) is 5.91 Å². The molecule has 0 spiro atoms. The van der Waals surface area contributed by atoms with E-state index < -0.39 is 15.9 Å². The van der Waals surface area contributed by atoms with E-state index in [-0.39, 0.29) is 29.4 Å². The van der Waals surface area contributed by atoms with Crippen LogP contribution in [-0.4, -0.2) is 44.5 Å². The first-order valence-corrected chi connectivity index (χ1v) is 9.02. The largest absolute Gasteiger partial charge is 0.495 e. The van der Waals surface area contributed by atoms with Gasteiger partial charge < -0.3 is 10.1 Å². The minimum absolute atomic E-state index is 0.0322. The molecule has 0 aliphatic rings. The first-order chi connectivity index (χ1) is 11.8. The Balaban J connectivity index is 1.98. The van der Waals surface area contributed by atoms with Gasteiger partial charge in [0.05, 0.1) is 13.3 Å². The molecule has 0 aliphatic carbocycles. The molecule has 1 aromatic carbocycles. The lowest BCUT2D eigenvalue weighted by Gasteiger charge is -2.13. The minimum atomic E-state index is -3.76. The SMILES string of the molecule is COc1cc(C)c(C)cc1S(=O)(=O)NCCNC(=O)c1cnccn1. The van der Waals surface area contributed by atoms with E-state index in [0.29, 0.717) is 0 Å². The second-order valence-electron chi connectivity index (χ2n) is 5.33. The fourth-order valence-electron chi connectivity index (χ4n) is 2.08. The van der Waals surface area contributed by atoms with E-state index in [1.165, 1.54) is 25.7 Å². The molecule has 2 N–H and O–H groups in total. The van der Waals surface area contributed by atoms with Crippen LogP contribution in [0.15, 0.2) is 35.6 Å². The van der Waals surface area contributed by atoms with Crippen LogP contribution < -0.4 is 14.8 Å². The fourth-order valence-corrected chi connectivity index (χ4v) is 3.34. The highest BCUT2D eigenvalue weighted by Crippen LogP contribution is 2.26. The summed E-state index contributed by atoms with van der Waals surface area (Å²) >= 11 is 0. The standard InChI is InChI=1S/C16H20N4O4S/c1-11-8-14(24-3)15(9-12(11)2)25(22,23)20-7-6-19-16(21)13-10-17-4-5-18-13/h4-5,8-10,20H,6-7H2,1-3H3,(H,19,21). The highest BCUT2D eigenvalue weighted by molar-refractivity contribution is 7.89. The van der Waals surface area contributed by atoms with Crippen molar-refractivity contribution in [1.82, 2.24) is 20.0 Å². The van der Waals surface area contributed by atoms with E-state index in [1.807, 2.05) is 13.8 Å². The van der Waals surface area contributed by atoms with Crippen LogP contribution in [-0.2, 0) is 10.0 Å². The van der Waals surface area contributed by atoms with Crippen LogP contribution in [0.1, 0.15) is 21.6 Å². The van der Waals surface area contributed by atoms with Crippen molar-refractivity contribution in [3.63, 3.8) is 0 Å². The van der Waals surface area contributed by atoms with Gasteiger partial charge in [0.2, 0.25) is 10.0 Å². The van der Waals surface area contributed by atoms with Crippen LogP contribution in [0.25, 0.3) is 0 Å². The summed E-state index contributed by atoms with van der Waals surface area (Å²) < 4.78 is 32.5. The number of nitrogens with zero attached hydrogens (tertiary/aromatic N) is 2. The summed E-state index contributed by atoms with van der Waals surface area (Å²) in [5.41, 5.74) is 1.95. The Labute approximate surface area is 146 Å². The lowest BCUT2D eigenvalue weighted by atomic mass is 10.1. The third kappa shape index (κ3) is 4.74. The number of aromatic nitrogens is 2. The Morgan fingerprint density at radius 1 is 1.16 bits per heavy atom. The predicted octanol–water partition coefficient (Wildman–Crippen LogP) is 0.810. The maximum Gasteiger partial charge on any atom is 0.271 e. The summed E-state index contributed by atoms with van der Waals surface area (Å²) in [6.45, 7) is 3.85. The molecule has 9 heteroatoms. The van der Waals surface area contributed by atoms with Crippen molar-refractivity contribution in [1.29, 1.82) is 0 Å². The van der Waals surface area contributed by atoms with Gasteiger partial charge in [-0.1, -0.05) is 0 Å². The second kappa shape index (κ2) is 8.04. The Bertz CT molecular complexity index is 854. The number of methoxy groups -OCH3 is 1. The number of amides is 1. The highest BCUT2D eigenvalue weighted by atomic mass is 32.2. The number of ether oxygens (including phenoxy) is 1. The number of hydrogen-bond acceptors (Lipinski definition) is 6. The van der Waals surface area contributed by atoms with E-state index in [9.17, 15) is 13.2 Å². The average Bonchev–Trinajstić information content (AvgIpc) is 2.61. The number of carbonyl (C=O) groups is 1. The zero-order valence-corrected chi connectivity index (χ0v) is 15.1. The van der Waals surface area contributed by atoms with E-state index >= 15 is 0 Å². The molecule has 8 nitrogen and oxygen atoms in total. The summed E-state index contributed by atoms with van der Waals surface area (Å²) in [6, 6.07) is 3.24. The summed E-state index contributed by atoms with van der Waals surface area (Å²) in [5.74, 6) is -0.143. The van der Waals surface area contributed by atoms with E-state index in [4.69, 9.17) is 4.74 Å². The third-order valence-corrected chi connectivity index (χ3v) is 5.05. The van der Waals surface area contributed by atoms with Crippen molar-refractivity contribution in [3.05, 3.63) is 47.5 Å². The molecule has 0 radical (unpaired) electrons. The first-order valence-electron chi connectivity index (χ1n) is 7.54. The second-order valence-corrected chi connectivity index (χ2v) is 7.07. The Hall–Kier alpha value is -2.52. The van der Waals surface area contributed by atoms with Crippen molar-refractivity contribution < 1.29 is 17.9 Å². The minimum Gasteiger partial charge on any atom is -0.495 e. The predicted molar refractivity (Wildman–Crippen MR) is 92.0 cm³/mol. The van der Waals surface area contributed by atoms with E-state index in [0.717, 1.165) is 11.1 Å². The van der Waals surface area contributed by atoms with E-state index in [2.05, 4.69) is 20.0 Å². The first kappa shape index (κ1) is 18.8. The molecule has 25 heavy (non-hydrogen) atoms. The topological polar surface area (TPSA) is 110 Å². The zero-order chi connectivity index (χ0) is 18.4. The maximum absolute atomic E-state index is 12.5. The van der Waals surface area contributed by atoms with Crippen LogP contribution in [0.3, 0.4) is 0 Å². The molecule has 0 saturated heterocycles. The molecular weight excluding hydrogens is 344 g/mol. The Morgan fingerprint density at radius 3 is 2.52 bits per heavy atom. The molecule has 0 saturated carbocycles. The van der Waals surface area contributed by atoms with Gasteiger partial charge in [-0.2, -0.15) is 0 Å². The van der Waals surface area contributed by atoms with Gasteiger partial charge in [-0.25, -0.2) is 18.1 Å². The molecule has 1 aromatic heterocycles. The van der Waals surface area contributed by atoms with Crippen LogP contribution >= 0.6 is 0 Å². The number of sulfonamides is 1. The molecule has 0 fully saturated rings. The third-order valence-electron chi connectivity index (χ3n) is 3.57. The molecule has 1 heterocycles. The summed E-state index contributed by atoms with van der Waals surface area (Å²) in [5, 5.41) is 2.57. The molecular formula is C16H20N4O4S. The van der Waals surface area contributed by atoms with Gasteiger partial charge in [0.15, 0.2) is 0 Å². The smallest absolute Gasteiger partial charge is 0.271 e. The van der Waals surface area contributed by atoms with Crippen molar-refractivity contribution in [2.45, 2.75) is 18.7 Å². The van der Waals surface area contributed by atoms with Crippen molar-refractivity contribution in [2.75, 3.05) is 20.2 Å². The van der Waals surface area contributed by atoms with Crippen molar-refractivity contribution >= 4 is 15.9 Å². The molecule has 0 unspecified atom stereocenters. The van der Waals surface area contributed by atoms with Crippen LogP contribution in [0.5, 0.6) is 5.75 Å². The van der Waals surface area contributed by atoms with Crippen molar-refractivity contribution in [2.24, 2.45) is 0 Å². The quantitative estimate of drug-likeness (QED) is 0.704. The number of aryl methyl sites for hydroxylation is 2. The maximum atomic E-state index is 12.5. The normalized spacial score (nSPS) is 11.2. The van der Waals surface area contributed by atoms with E-state index in [1.54, 1.807) is 12.1 Å². The molecule has 2 rings (SSSR count). The lowest BCUT2D eigenvalue weighted by molar-refractivity contribution is 0.0949. The van der Waals surface area contributed by atoms with Crippen molar-refractivity contribution in [3.8, 4) is 5.75 Å². The van der Waals surface area contributed by atoms with Gasteiger partial charge in [-0.3, -0.25) is 9.78 Å². The fraction of sp³-hybridized carbons (Fsp3) is 0.312. The number of carbonyl (C=O) groups excluding carboxylic acids is 1. The van der Waals surface area contributed by atoms with Gasteiger partial charge in [0, 0.05) is 25.5 Å². The molecule has 1 amide bonds. The Kier molecular flexibility index (Phi) is 6.05. The number of benzene rings is 1. The van der Waals surface area contributed by atoms with Gasteiger partial charge in [-0.05, 0) is 37.1 Å². The van der Waals surface area contributed by atoms with Gasteiger partial charge in [-0.15, -0.1) is 0 Å². The molecule has 0 bridgehead atoms. The monoisotopic (exact) mass is 364 g/mol. The van der Waals surface area contributed by atoms with Gasteiger partial charge >= 0.3 is 0 Å². The van der Waals surface area contributed by atoms with Gasteiger partial charge in [0.1, 0.15) is 16.3 Å². The van der Waals surface area contributed by atoms with Crippen LogP contribution in [0, 0.1) is 13.8 Å². The lowest BCUT2D eigenvalue weighted by Crippen LogP contribution is -2.35. The zero-order valence-electron chi connectivity index (χ0n) is 14.2. The molecule has 0 aliphatic heterocycles.